The molecule has 0 radical (unpaired) electrons. The average molecular weight is 315 g/mol. The van der Waals surface area contributed by atoms with Crippen molar-refractivity contribution in [1.29, 1.82) is 0 Å². The minimum Gasteiger partial charge on any atom is -0.481 e. The zero-order valence-electron chi connectivity index (χ0n) is 13.6. The van der Waals surface area contributed by atoms with Crippen LogP contribution in [0, 0.1) is 0 Å². The van der Waals surface area contributed by atoms with E-state index in [1.165, 1.54) is 6.33 Å². The van der Waals surface area contributed by atoms with Crippen LogP contribution in [0.1, 0.15) is 6.42 Å². The molecule has 3 heterocycles. The standard InChI is InChI=1S/C15H21N7O/c1-21(2)13-7-14(18-10-17-13)22-5-4-11(8-22)20-12-6-15(23-3)19-9-16-12/h6-7,9-11H,4-5,8H2,1-3H3,(H,16,19,20). The molecule has 1 saturated heterocycles. The molecule has 2 aromatic heterocycles. The summed E-state index contributed by atoms with van der Waals surface area (Å²) in [7, 11) is 5.55. The van der Waals surface area contributed by atoms with Crippen molar-refractivity contribution in [3.05, 3.63) is 24.8 Å². The van der Waals surface area contributed by atoms with Crippen molar-refractivity contribution in [3.63, 3.8) is 0 Å². The maximum Gasteiger partial charge on any atom is 0.218 e. The van der Waals surface area contributed by atoms with Crippen LogP contribution in [0.2, 0.25) is 0 Å². The number of methoxy groups -OCH3 is 1. The summed E-state index contributed by atoms with van der Waals surface area (Å²) in [6.07, 6.45) is 4.13. The predicted molar refractivity (Wildman–Crippen MR) is 89.2 cm³/mol. The molecular weight excluding hydrogens is 294 g/mol. The summed E-state index contributed by atoms with van der Waals surface area (Å²) in [5.74, 6) is 3.20. The lowest BCUT2D eigenvalue weighted by atomic mass is 10.2. The molecule has 8 nitrogen and oxygen atoms in total. The highest BCUT2D eigenvalue weighted by atomic mass is 16.5. The van der Waals surface area contributed by atoms with Gasteiger partial charge in [-0.25, -0.2) is 19.9 Å². The number of nitrogens with one attached hydrogen (secondary N) is 1. The van der Waals surface area contributed by atoms with Crippen molar-refractivity contribution in [2.45, 2.75) is 12.5 Å². The second kappa shape index (κ2) is 6.64. The molecule has 1 atom stereocenters. The fourth-order valence-corrected chi connectivity index (χ4v) is 2.58. The largest absolute Gasteiger partial charge is 0.481 e. The van der Waals surface area contributed by atoms with Crippen molar-refractivity contribution in [3.8, 4) is 5.88 Å². The van der Waals surface area contributed by atoms with Gasteiger partial charge >= 0.3 is 0 Å². The van der Waals surface area contributed by atoms with Crippen LogP contribution in [0.25, 0.3) is 0 Å². The van der Waals surface area contributed by atoms with Crippen LogP contribution in [-0.2, 0) is 0 Å². The highest BCUT2D eigenvalue weighted by molar-refractivity contribution is 5.51. The second-order valence-corrected chi connectivity index (χ2v) is 5.65. The minimum absolute atomic E-state index is 0.312. The van der Waals surface area contributed by atoms with E-state index in [2.05, 4.69) is 30.2 Å². The van der Waals surface area contributed by atoms with Crippen LogP contribution in [0.3, 0.4) is 0 Å². The Bertz CT molecular complexity index is 664. The molecule has 23 heavy (non-hydrogen) atoms. The Balaban J connectivity index is 1.65. The third-order valence-electron chi connectivity index (χ3n) is 3.81. The monoisotopic (exact) mass is 315 g/mol. The van der Waals surface area contributed by atoms with Gasteiger partial charge in [0.25, 0.3) is 0 Å². The minimum atomic E-state index is 0.312. The Morgan fingerprint density at radius 3 is 2.78 bits per heavy atom. The van der Waals surface area contributed by atoms with Gasteiger partial charge in [0, 0.05) is 45.4 Å². The van der Waals surface area contributed by atoms with E-state index in [1.54, 1.807) is 19.5 Å². The van der Waals surface area contributed by atoms with Gasteiger partial charge in [0.1, 0.15) is 30.1 Å². The Hall–Kier alpha value is -2.64. The summed E-state index contributed by atoms with van der Waals surface area (Å²) >= 11 is 0. The Labute approximate surface area is 135 Å². The molecule has 0 aromatic carbocycles. The molecule has 3 rings (SSSR count). The van der Waals surface area contributed by atoms with Gasteiger partial charge in [0.2, 0.25) is 5.88 Å². The van der Waals surface area contributed by atoms with E-state index < -0.39 is 0 Å². The maximum absolute atomic E-state index is 5.12. The average Bonchev–Trinajstić information content (AvgIpc) is 3.03. The van der Waals surface area contributed by atoms with Gasteiger partial charge in [0.05, 0.1) is 7.11 Å². The van der Waals surface area contributed by atoms with Gasteiger partial charge in [-0.2, -0.15) is 0 Å². The molecule has 1 N–H and O–H groups in total. The van der Waals surface area contributed by atoms with Crippen LogP contribution >= 0.6 is 0 Å². The molecule has 0 saturated carbocycles. The highest BCUT2D eigenvalue weighted by Crippen LogP contribution is 2.22. The predicted octanol–water partition coefficient (Wildman–Crippen LogP) is 1.03. The van der Waals surface area contributed by atoms with Gasteiger partial charge in [0.15, 0.2) is 0 Å². The van der Waals surface area contributed by atoms with Crippen molar-refractivity contribution in [1.82, 2.24) is 19.9 Å². The SMILES string of the molecule is COc1cc(NC2CCN(c3cc(N(C)C)ncn3)C2)ncn1. The molecule has 1 aliphatic rings. The molecule has 1 fully saturated rings. The lowest BCUT2D eigenvalue weighted by Gasteiger charge is -2.20. The lowest BCUT2D eigenvalue weighted by molar-refractivity contribution is 0.397. The second-order valence-electron chi connectivity index (χ2n) is 5.65. The van der Waals surface area contributed by atoms with Crippen LogP contribution in [0.4, 0.5) is 17.5 Å². The smallest absolute Gasteiger partial charge is 0.218 e. The summed E-state index contributed by atoms with van der Waals surface area (Å²) in [5.41, 5.74) is 0. The van der Waals surface area contributed by atoms with E-state index in [0.29, 0.717) is 11.9 Å². The molecule has 2 aromatic rings. The zero-order valence-corrected chi connectivity index (χ0v) is 13.6. The normalized spacial score (nSPS) is 17.2. The molecule has 8 heteroatoms. The third-order valence-corrected chi connectivity index (χ3v) is 3.81. The summed E-state index contributed by atoms with van der Waals surface area (Å²) < 4.78 is 5.12. The molecule has 1 unspecified atom stereocenters. The molecule has 0 aliphatic carbocycles. The van der Waals surface area contributed by atoms with Crippen molar-refractivity contribution in [2.75, 3.05) is 49.4 Å². The van der Waals surface area contributed by atoms with E-state index in [9.17, 15) is 0 Å². The van der Waals surface area contributed by atoms with Crippen molar-refractivity contribution >= 4 is 17.5 Å². The van der Waals surface area contributed by atoms with Gasteiger partial charge in [-0.05, 0) is 6.42 Å². The molecule has 1 aliphatic heterocycles. The first-order valence-electron chi connectivity index (χ1n) is 7.52. The van der Waals surface area contributed by atoms with Crippen LogP contribution in [-0.4, -0.2) is 60.3 Å². The third kappa shape index (κ3) is 3.58. The number of rotatable bonds is 5. The Morgan fingerprint density at radius 1 is 1.17 bits per heavy atom. The van der Waals surface area contributed by atoms with E-state index in [0.717, 1.165) is 37.0 Å². The molecule has 0 amide bonds. The van der Waals surface area contributed by atoms with Gasteiger partial charge < -0.3 is 19.9 Å². The van der Waals surface area contributed by atoms with Crippen LogP contribution < -0.4 is 19.9 Å². The fraction of sp³-hybridized carbons (Fsp3) is 0.467. The summed E-state index contributed by atoms with van der Waals surface area (Å²) in [4.78, 5) is 21.1. The van der Waals surface area contributed by atoms with E-state index in [4.69, 9.17) is 4.74 Å². The van der Waals surface area contributed by atoms with Crippen molar-refractivity contribution in [2.24, 2.45) is 0 Å². The number of hydrogen-bond acceptors (Lipinski definition) is 8. The highest BCUT2D eigenvalue weighted by Gasteiger charge is 2.24. The number of anilines is 3. The van der Waals surface area contributed by atoms with E-state index in [-0.39, 0.29) is 0 Å². The van der Waals surface area contributed by atoms with Gasteiger partial charge in [-0.3, -0.25) is 0 Å². The molecule has 0 bridgehead atoms. The number of aromatic nitrogens is 4. The van der Waals surface area contributed by atoms with Crippen molar-refractivity contribution < 1.29 is 4.74 Å². The topological polar surface area (TPSA) is 79.3 Å². The van der Waals surface area contributed by atoms with Gasteiger partial charge in [-0.15, -0.1) is 0 Å². The fourth-order valence-electron chi connectivity index (χ4n) is 2.58. The number of nitrogens with zero attached hydrogens (tertiary/aromatic N) is 6. The van der Waals surface area contributed by atoms with Gasteiger partial charge in [-0.1, -0.05) is 0 Å². The van der Waals surface area contributed by atoms with E-state index >= 15 is 0 Å². The first-order chi connectivity index (χ1) is 11.2. The molecule has 0 spiro atoms. The quantitative estimate of drug-likeness (QED) is 0.876. The summed E-state index contributed by atoms with van der Waals surface area (Å²) in [6, 6.07) is 4.13. The summed E-state index contributed by atoms with van der Waals surface area (Å²) in [5, 5.41) is 3.43. The van der Waals surface area contributed by atoms with E-state index in [1.807, 2.05) is 25.1 Å². The maximum atomic E-state index is 5.12. The van der Waals surface area contributed by atoms with Crippen LogP contribution in [0.5, 0.6) is 5.88 Å². The molecular formula is C15H21N7O. The number of ether oxygens (including phenoxy) is 1. The first kappa shape index (κ1) is 15.3. The van der Waals surface area contributed by atoms with Crippen LogP contribution in [0.15, 0.2) is 24.8 Å². The molecule has 122 valence electrons. The zero-order chi connectivity index (χ0) is 16.2. The Kier molecular flexibility index (Phi) is 4.40. The lowest BCUT2D eigenvalue weighted by Crippen LogP contribution is -2.27. The summed E-state index contributed by atoms with van der Waals surface area (Å²) in [6.45, 7) is 1.82. The first-order valence-corrected chi connectivity index (χ1v) is 7.52. The Morgan fingerprint density at radius 2 is 2.00 bits per heavy atom. The number of hydrogen-bond donors (Lipinski definition) is 1.